The maximum Gasteiger partial charge on any atom is 0.344 e. The topological polar surface area (TPSA) is 71.7 Å². The second-order valence-electron chi connectivity index (χ2n) is 4.98. The average molecular weight is 281 g/mol. The van der Waals surface area contributed by atoms with Crippen molar-refractivity contribution >= 4 is 27.4 Å². The second kappa shape index (κ2) is 4.02. The first-order chi connectivity index (χ1) is 10.1. The predicted octanol–water partition coefficient (Wildman–Crippen LogP) is 2.97. The number of hydrogen-bond donors (Lipinski definition) is 2. The third-order valence-electron chi connectivity index (χ3n) is 3.51. The van der Waals surface area contributed by atoms with E-state index in [1.807, 2.05) is 0 Å². The van der Waals surface area contributed by atoms with E-state index in [-0.39, 0.29) is 5.75 Å². The van der Waals surface area contributed by atoms with Crippen LogP contribution in [0, 0.1) is 0 Å². The number of ether oxygens (including phenoxy) is 1. The Bertz CT molecular complexity index is 971. The summed E-state index contributed by atoms with van der Waals surface area (Å²) in [5.74, 6) is 0.715. The van der Waals surface area contributed by atoms with Crippen LogP contribution in [0.1, 0.15) is 0 Å². The number of nitrogens with one attached hydrogen (secondary N) is 1. The molecule has 1 aromatic heterocycles. The summed E-state index contributed by atoms with van der Waals surface area (Å²) in [6.45, 7) is 4.20. The molecule has 2 aromatic carbocycles. The van der Waals surface area contributed by atoms with Gasteiger partial charge in [-0.2, -0.15) is 0 Å². The Morgan fingerprint density at radius 1 is 1.14 bits per heavy atom. The molecule has 0 radical (unpaired) electrons. The lowest BCUT2D eigenvalue weighted by Crippen LogP contribution is -2.15. The molecule has 0 spiro atoms. The second-order valence-corrected chi connectivity index (χ2v) is 4.98. The van der Waals surface area contributed by atoms with Crippen molar-refractivity contribution in [2.24, 2.45) is 0 Å². The number of phenolic OH excluding ortho intramolecular Hbond substituents is 1. The highest BCUT2D eigenvalue weighted by molar-refractivity contribution is 6.06. The van der Waals surface area contributed by atoms with E-state index in [0.29, 0.717) is 29.0 Å². The van der Waals surface area contributed by atoms with Gasteiger partial charge in [-0.05, 0) is 24.3 Å². The Hall–Kier alpha value is -2.95. The van der Waals surface area contributed by atoms with E-state index in [4.69, 9.17) is 9.15 Å². The van der Waals surface area contributed by atoms with E-state index in [1.165, 1.54) is 6.07 Å². The van der Waals surface area contributed by atoms with Gasteiger partial charge in [0.05, 0.1) is 11.1 Å². The van der Waals surface area contributed by atoms with Gasteiger partial charge in [-0.25, -0.2) is 4.79 Å². The normalized spacial score (nSPS) is 13.8. The van der Waals surface area contributed by atoms with Crippen LogP contribution in [-0.2, 0) is 0 Å². The minimum atomic E-state index is -0.455. The fraction of sp³-hybridized carbons (Fsp3) is 0.0625. The lowest BCUT2D eigenvalue weighted by atomic mass is 10.1. The number of rotatable bonds is 0. The van der Waals surface area contributed by atoms with Crippen LogP contribution >= 0.6 is 0 Å². The zero-order chi connectivity index (χ0) is 14.6. The molecule has 2 N–H and O–H groups in total. The quantitative estimate of drug-likeness (QED) is 0.489. The minimum absolute atomic E-state index is 0.0529. The lowest BCUT2D eigenvalue weighted by molar-refractivity contribution is 0.347. The first-order valence-corrected chi connectivity index (χ1v) is 6.43. The van der Waals surface area contributed by atoms with Crippen molar-refractivity contribution in [2.45, 2.75) is 0 Å². The van der Waals surface area contributed by atoms with Crippen molar-refractivity contribution in [1.82, 2.24) is 0 Å². The van der Waals surface area contributed by atoms with Crippen LogP contribution in [-0.4, -0.2) is 11.7 Å². The van der Waals surface area contributed by atoms with Gasteiger partial charge in [-0.1, -0.05) is 6.58 Å². The summed E-state index contributed by atoms with van der Waals surface area (Å²) in [6.07, 6.45) is 0. The van der Waals surface area contributed by atoms with E-state index in [1.54, 1.807) is 24.3 Å². The summed E-state index contributed by atoms with van der Waals surface area (Å²) in [6, 6.07) is 8.21. The van der Waals surface area contributed by atoms with Gasteiger partial charge in [-0.15, -0.1) is 0 Å². The number of aromatic hydroxyl groups is 1. The Labute approximate surface area is 119 Å². The van der Waals surface area contributed by atoms with Crippen molar-refractivity contribution in [1.29, 1.82) is 0 Å². The summed E-state index contributed by atoms with van der Waals surface area (Å²) < 4.78 is 10.9. The molecular weight excluding hydrogens is 270 g/mol. The molecule has 0 saturated heterocycles. The highest BCUT2D eigenvalue weighted by Gasteiger charge is 2.17. The maximum atomic E-state index is 12.1. The minimum Gasteiger partial charge on any atom is -0.508 e. The van der Waals surface area contributed by atoms with Crippen molar-refractivity contribution in [3.63, 3.8) is 0 Å². The predicted molar refractivity (Wildman–Crippen MR) is 79.9 cm³/mol. The molecule has 1 aliphatic rings. The van der Waals surface area contributed by atoms with Gasteiger partial charge in [-0.3, -0.25) is 0 Å². The fourth-order valence-corrected chi connectivity index (χ4v) is 2.55. The molecule has 4 rings (SSSR count). The van der Waals surface area contributed by atoms with Crippen molar-refractivity contribution in [3.05, 3.63) is 53.0 Å². The van der Waals surface area contributed by atoms with Gasteiger partial charge in [0.2, 0.25) is 0 Å². The summed E-state index contributed by atoms with van der Waals surface area (Å²) >= 11 is 0. The van der Waals surface area contributed by atoms with E-state index in [2.05, 4.69) is 11.9 Å². The van der Waals surface area contributed by atoms with Gasteiger partial charge in [0, 0.05) is 22.5 Å². The molecule has 0 amide bonds. The molecule has 0 unspecified atom stereocenters. The molecule has 0 fully saturated rings. The van der Waals surface area contributed by atoms with Gasteiger partial charge in [0.15, 0.2) is 0 Å². The number of hydrogen-bond acceptors (Lipinski definition) is 5. The van der Waals surface area contributed by atoms with Crippen LogP contribution in [0.5, 0.6) is 11.5 Å². The summed E-state index contributed by atoms with van der Waals surface area (Å²) in [4.78, 5) is 12.1. The van der Waals surface area contributed by atoms with Crippen molar-refractivity contribution < 1.29 is 14.3 Å². The third-order valence-corrected chi connectivity index (χ3v) is 3.51. The number of benzene rings is 2. The molecule has 2 heterocycles. The average Bonchev–Trinajstić information content (AvgIpc) is 2.45. The third kappa shape index (κ3) is 1.74. The molecule has 0 aliphatic carbocycles. The molecule has 1 aliphatic heterocycles. The number of anilines is 1. The van der Waals surface area contributed by atoms with Crippen molar-refractivity contribution in [2.75, 3.05) is 11.9 Å². The Morgan fingerprint density at radius 3 is 2.86 bits per heavy atom. The molecule has 104 valence electrons. The van der Waals surface area contributed by atoms with Crippen molar-refractivity contribution in [3.8, 4) is 11.5 Å². The molecule has 0 atom stereocenters. The monoisotopic (exact) mass is 281 g/mol. The fourth-order valence-electron chi connectivity index (χ4n) is 2.55. The molecule has 5 nitrogen and oxygen atoms in total. The van der Waals surface area contributed by atoms with Gasteiger partial charge < -0.3 is 19.6 Å². The van der Waals surface area contributed by atoms with E-state index < -0.39 is 5.63 Å². The first-order valence-electron chi connectivity index (χ1n) is 6.43. The van der Waals surface area contributed by atoms with Gasteiger partial charge in [0.1, 0.15) is 23.7 Å². The number of phenols is 1. The zero-order valence-corrected chi connectivity index (χ0v) is 11.0. The van der Waals surface area contributed by atoms with Crippen LogP contribution in [0.3, 0.4) is 0 Å². The van der Waals surface area contributed by atoms with Crippen LogP contribution in [0.2, 0.25) is 0 Å². The lowest BCUT2D eigenvalue weighted by Gasteiger charge is -2.21. The zero-order valence-electron chi connectivity index (χ0n) is 11.0. The molecular formula is C16H11NO4. The molecule has 0 saturated carbocycles. The van der Waals surface area contributed by atoms with Crippen LogP contribution in [0.25, 0.3) is 21.7 Å². The number of fused-ring (bicyclic) bond motifs is 4. The molecule has 21 heavy (non-hydrogen) atoms. The standard InChI is InChI=1S/C16H11NO4/c1-8-7-20-15-6-11-10-3-2-9(18)4-14(10)21-16(19)12(11)5-13(15)17-8/h2-6,17-18H,1,7H2. The maximum absolute atomic E-state index is 12.1. The van der Waals surface area contributed by atoms with Crippen LogP contribution in [0.4, 0.5) is 5.69 Å². The molecule has 0 bridgehead atoms. The highest BCUT2D eigenvalue weighted by atomic mass is 16.5. The molecule has 3 aromatic rings. The molecule has 5 heteroatoms. The summed E-state index contributed by atoms with van der Waals surface area (Å²) in [5, 5.41) is 14.5. The Kier molecular flexibility index (Phi) is 2.27. The summed E-state index contributed by atoms with van der Waals surface area (Å²) in [7, 11) is 0. The van der Waals surface area contributed by atoms with Gasteiger partial charge in [0.25, 0.3) is 0 Å². The van der Waals surface area contributed by atoms with Crippen LogP contribution in [0.15, 0.2) is 51.8 Å². The van der Waals surface area contributed by atoms with Crippen LogP contribution < -0.4 is 15.7 Å². The van der Waals surface area contributed by atoms with Gasteiger partial charge >= 0.3 is 5.63 Å². The van der Waals surface area contributed by atoms with E-state index in [9.17, 15) is 9.90 Å². The highest BCUT2D eigenvalue weighted by Crippen LogP contribution is 2.36. The van der Waals surface area contributed by atoms with E-state index >= 15 is 0 Å². The largest absolute Gasteiger partial charge is 0.508 e. The van der Waals surface area contributed by atoms with E-state index in [0.717, 1.165) is 16.5 Å². The Balaban J connectivity index is 2.13. The summed E-state index contributed by atoms with van der Waals surface area (Å²) in [5.41, 5.74) is 1.32. The smallest absolute Gasteiger partial charge is 0.344 e. The first kappa shape index (κ1) is 11.8. The Morgan fingerprint density at radius 2 is 2.00 bits per heavy atom. The SMILES string of the molecule is C=C1COc2cc3c(cc2N1)c(=O)oc1cc(O)ccc13.